The highest BCUT2D eigenvalue weighted by Gasteiger charge is 2.34. The minimum atomic E-state index is -3.79. The van der Waals surface area contributed by atoms with Crippen LogP contribution in [0.25, 0.3) is 0 Å². The molecular weight excluding hydrogens is 408 g/mol. The number of sulfonamides is 1. The summed E-state index contributed by atoms with van der Waals surface area (Å²) in [6.45, 7) is 2.48. The quantitative estimate of drug-likeness (QED) is 0.644. The van der Waals surface area contributed by atoms with Gasteiger partial charge in [-0.15, -0.1) is 0 Å². The fourth-order valence-corrected chi connectivity index (χ4v) is 4.53. The van der Waals surface area contributed by atoms with Crippen LogP contribution in [-0.4, -0.2) is 55.4 Å². The van der Waals surface area contributed by atoms with Crippen LogP contribution in [0.3, 0.4) is 0 Å². The molecule has 1 aliphatic heterocycles. The van der Waals surface area contributed by atoms with Crippen LogP contribution in [0.5, 0.6) is 0 Å². The van der Waals surface area contributed by atoms with Crippen molar-refractivity contribution in [3.05, 3.63) is 59.9 Å². The molecule has 160 valence electrons. The van der Waals surface area contributed by atoms with Crippen LogP contribution in [0.15, 0.2) is 53.6 Å². The number of amides is 2. The molecule has 2 amide bonds. The molecule has 1 aliphatic rings. The maximum Gasteiger partial charge on any atom is 0.309 e. The Morgan fingerprint density at radius 2 is 1.87 bits per heavy atom. The number of benzene rings is 1. The summed E-state index contributed by atoms with van der Waals surface area (Å²) in [6, 6.07) is 11.8. The second-order valence-corrected chi connectivity index (χ2v) is 8.71. The van der Waals surface area contributed by atoms with Crippen LogP contribution >= 0.6 is 0 Å². The third-order valence-corrected chi connectivity index (χ3v) is 6.48. The first-order valence-electron chi connectivity index (χ1n) is 9.54. The molecule has 2 aromatic rings. The van der Waals surface area contributed by atoms with Gasteiger partial charge in [-0.1, -0.05) is 23.8 Å². The van der Waals surface area contributed by atoms with Gasteiger partial charge in [0.2, 0.25) is 10.0 Å². The highest BCUT2D eigenvalue weighted by atomic mass is 32.2. The second-order valence-electron chi connectivity index (χ2n) is 6.82. The van der Waals surface area contributed by atoms with E-state index in [1.165, 1.54) is 4.31 Å². The molecule has 10 heteroatoms. The lowest BCUT2D eigenvalue weighted by atomic mass is 10.2. The van der Waals surface area contributed by atoms with E-state index in [-0.39, 0.29) is 24.5 Å². The molecule has 0 bridgehead atoms. The Kier molecular flexibility index (Phi) is 7.14. The molecule has 1 aromatic heterocycles. The number of rotatable bonds is 6. The van der Waals surface area contributed by atoms with Gasteiger partial charge in [0.1, 0.15) is 6.23 Å². The SMILES string of the molecule is Cc1ccc(S(=O)(=O)N2CCCO[C@@H]2CNC(=O)C(=O)NCc2ccccn2)cc1. The smallest absolute Gasteiger partial charge is 0.309 e. The van der Waals surface area contributed by atoms with Crippen molar-refractivity contribution in [3.63, 3.8) is 0 Å². The first kappa shape index (κ1) is 21.9. The Morgan fingerprint density at radius 3 is 2.57 bits per heavy atom. The normalized spacial score (nSPS) is 17.3. The molecule has 1 atom stereocenters. The van der Waals surface area contributed by atoms with Gasteiger partial charge in [-0.05, 0) is 37.6 Å². The number of hydrogen-bond acceptors (Lipinski definition) is 6. The summed E-state index contributed by atoms with van der Waals surface area (Å²) in [5, 5.41) is 4.92. The van der Waals surface area contributed by atoms with Crippen molar-refractivity contribution in [1.29, 1.82) is 0 Å². The van der Waals surface area contributed by atoms with Crippen LogP contribution in [-0.2, 0) is 30.9 Å². The Hall–Kier alpha value is -2.82. The molecule has 9 nitrogen and oxygen atoms in total. The molecule has 30 heavy (non-hydrogen) atoms. The second kappa shape index (κ2) is 9.79. The average Bonchev–Trinajstić information content (AvgIpc) is 2.77. The largest absolute Gasteiger partial charge is 0.360 e. The van der Waals surface area contributed by atoms with Crippen LogP contribution in [0, 0.1) is 6.92 Å². The molecule has 0 unspecified atom stereocenters. The Labute approximate surface area is 175 Å². The molecule has 1 saturated heterocycles. The van der Waals surface area contributed by atoms with E-state index in [0.29, 0.717) is 18.7 Å². The monoisotopic (exact) mass is 432 g/mol. The molecular formula is C20H24N4O5S. The third kappa shape index (κ3) is 5.41. The lowest BCUT2D eigenvalue weighted by molar-refractivity contribution is -0.140. The fourth-order valence-electron chi connectivity index (χ4n) is 2.96. The minimum absolute atomic E-state index is 0.112. The molecule has 1 aromatic carbocycles. The number of aromatic nitrogens is 1. The first-order chi connectivity index (χ1) is 14.4. The summed E-state index contributed by atoms with van der Waals surface area (Å²) >= 11 is 0. The fraction of sp³-hybridized carbons (Fsp3) is 0.350. The van der Waals surface area contributed by atoms with Gasteiger partial charge in [0, 0.05) is 12.7 Å². The Bertz CT molecular complexity index is 980. The van der Waals surface area contributed by atoms with Gasteiger partial charge in [-0.25, -0.2) is 8.42 Å². The predicted molar refractivity (Wildman–Crippen MR) is 109 cm³/mol. The molecule has 2 heterocycles. The molecule has 3 rings (SSSR count). The molecule has 0 aliphatic carbocycles. The number of carbonyl (C=O) groups excluding carboxylic acids is 2. The highest BCUT2D eigenvalue weighted by molar-refractivity contribution is 7.89. The molecule has 0 radical (unpaired) electrons. The van der Waals surface area contributed by atoms with E-state index in [4.69, 9.17) is 4.74 Å². The lowest BCUT2D eigenvalue weighted by Crippen LogP contribution is -2.53. The van der Waals surface area contributed by atoms with Crippen molar-refractivity contribution in [2.45, 2.75) is 31.0 Å². The number of carbonyl (C=O) groups is 2. The van der Waals surface area contributed by atoms with E-state index in [0.717, 1.165) is 5.56 Å². The van der Waals surface area contributed by atoms with Gasteiger partial charge < -0.3 is 15.4 Å². The number of ether oxygens (including phenoxy) is 1. The van der Waals surface area contributed by atoms with Crippen LogP contribution < -0.4 is 10.6 Å². The van der Waals surface area contributed by atoms with E-state index in [9.17, 15) is 18.0 Å². The lowest BCUT2D eigenvalue weighted by Gasteiger charge is -2.34. The zero-order chi connectivity index (χ0) is 21.6. The van der Waals surface area contributed by atoms with E-state index < -0.39 is 28.1 Å². The van der Waals surface area contributed by atoms with Crippen molar-refractivity contribution in [2.75, 3.05) is 19.7 Å². The van der Waals surface area contributed by atoms with E-state index in [1.54, 1.807) is 48.7 Å². The Balaban J connectivity index is 1.59. The van der Waals surface area contributed by atoms with Crippen LogP contribution in [0.1, 0.15) is 17.7 Å². The van der Waals surface area contributed by atoms with Gasteiger partial charge in [0.15, 0.2) is 0 Å². The number of nitrogens with zero attached hydrogens (tertiary/aromatic N) is 2. The maximum atomic E-state index is 13.0. The standard InChI is InChI=1S/C20H24N4O5S/c1-15-6-8-17(9-7-15)30(27,28)24-11-4-12-29-18(24)14-23-20(26)19(25)22-13-16-5-2-3-10-21-16/h2-3,5-10,18H,4,11-14H2,1H3,(H,22,25)(H,23,26)/t18-/m1/s1. The van der Waals surface area contributed by atoms with E-state index >= 15 is 0 Å². The van der Waals surface area contributed by atoms with Crippen molar-refractivity contribution in [1.82, 2.24) is 19.9 Å². The van der Waals surface area contributed by atoms with E-state index in [2.05, 4.69) is 15.6 Å². The van der Waals surface area contributed by atoms with Gasteiger partial charge in [-0.3, -0.25) is 14.6 Å². The predicted octanol–water partition coefficient (Wildman–Crippen LogP) is 0.560. The zero-order valence-corrected chi connectivity index (χ0v) is 17.4. The first-order valence-corrected chi connectivity index (χ1v) is 11.0. The van der Waals surface area contributed by atoms with Gasteiger partial charge in [-0.2, -0.15) is 4.31 Å². The van der Waals surface area contributed by atoms with Crippen molar-refractivity contribution in [2.24, 2.45) is 0 Å². The molecule has 1 fully saturated rings. The minimum Gasteiger partial charge on any atom is -0.360 e. The molecule has 0 spiro atoms. The average molecular weight is 433 g/mol. The van der Waals surface area contributed by atoms with Crippen molar-refractivity contribution < 1.29 is 22.7 Å². The zero-order valence-electron chi connectivity index (χ0n) is 16.6. The summed E-state index contributed by atoms with van der Waals surface area (Å²) < 4.78 is 32.8. The van der Waals surface area contributed by atoms with Gasteiger partial charge in [0.25, 0.3) is 0 Å². The number of aryl methyl sites for hydroxylation is 1. The maximum absolute atomic E-state index is 13.0. The summed E-state index contributed by atoms with van der Waals surface area (Å²) in [5.41, 5.74) is 1.56. The van der Waals surface area contributed by atoms with Crippen LogP contribution in [0.2, 0.25) is 0 Å². The highest BCUT2D eigenvalue weighted by Crippen LogP contribution is 2.22. The van der Waals surface area contributed by atoms with Gasteiger partial charge in [0.05, 0.1) is 30.3 Å². The summed E-state index contributed by atoms with van der Waals surface area (Å²) in [6.07, 6.45) is 1.24. The topological polar surface area (TPSA) is 118 Å². The summed E-state index contributed by atoms with van der Waals surface area (Å²) in [7, 11) is -3.79. The number of pyridine rings is 1. The van der Waals surface area contributed by atoms with Gasteiger partial charge >= 0.3 is 11.8 Å². The summed E-state index contributed by atoms with van der Waals surface area (Å²) in [5.74, 6) is -1.70. The molecule has 0 saturated carbocycles. The third-order valence-electron chi connectivity index (χ3n) is 4.58. The van der Waals surface area contributed by atoms with Crippen molar-refractivity contribution in [3.8, 4) is 0 Å². The summed E-state index contributed by atoms with van der Waals surface area (Å²) in [4.78, 5) is 28.3. The van der Waals surface area contributed by atoms with Crippen LogP contribution in [0.4, 0.5) is 0 Å². The Morgan fingerprint density at radius 1 is 1.13 bits per heavy atom. The van der Waals surface area contributed by atoms with Crippen molar-refractivity contribution >= 4 is 21.8 Å². The number of nitrogens with one attached hydrogen (secondary N) is 2. The molecule has 2 N–H and O–H groups in total. The number of hydrogen-bond donors (Lipinski definition) is 2. The van der Waals surface area contributed by atoms with E-state index in [1.807, 2.05) is 6.92 Å².